The molecule has 0 amide bonds. The van der Waals surface area contributed by atoms with Crippen molar-refractivity contribution in [2.45, 2.75) is 12.8 Å². The zero-order valence-corrected chi connectivity index (χ0v) is 7.25. The summed E-state index contributed by atoms with van der Waals surface area (Å²) in [6.45, 7) is 0. The third-order valence-electron chi connectivity index (χ3n) is 0.999. The van der Waals surface area contributed by atoms with Gasteiger partial charge in [-0.25, -0.2) is 0 Å². The third-order valence-corrected chi connectivity index (χ3v) is 3.05. The molecule has 0 aromatic carbocycles. The molecule has 0 aliphatic heterocycles. The zero-order valence-electron chi connectivity index (χ0n) is 4.08. The van der Waals surface area contributed by atoms with Crippen LogP contribution in [-0.4, -0.2) is 5.78 Å². The van der Waals surface area contributed by atoms with Crippen LogP contribution in [0.4, 0.5) is 0 Å². The van der Waals surface area contributed by atoms with Gasteiger partial charge in [-0.2, -0.15) is 0 Å². The average molecular weight is 240 g/mol. The van der Waals surface area contributed by atoms with Crippen LogP contribution in [0.3, 0.4) is 0 Å². The molecule has 0 atom stereocenters. The average Bonchev–Trinajstić information content (AvgIpc) is 1.85. The normalized spacial score (nSPS) is 20.5. The Morgan fingerprint density at radius 3 is 1.62 bits per heavy atom. The summed E-state index contributed by atoms with van der Waals surface area (Å²) >= 11 is 6.51. The van der Waals surface area contributed by atoms with E-state index in [4.69, 9.17) is 0 Å². The van der Waals surface area contributed by atoms with Crippen LogP contribution in [0.25, 0.3) is 0 Å². The number of rotatable bonds is 0. The van der Waals surface area contributed by atoms with Gasteiger partial charge in [0.1, 0.15) is 5.78 Å². The van der Waals surface area contributed by atoms with Crippen molar-refractivity contribution in [3.63, 3.8) is 0 Å². The summed E-state index contributed by atoms with van der Waals surface area (Å²) in [5.41, 5.74) is 0. The molecule has 0 saturated carbocycles. The number of carbonyl (C=O) groups excluding carboxylic acids is 1. The summed E-state index contributed by atoms with van der Waals surface area (Å²) in [5.74, 6) is 0.281. The van der Waals surface area contributed by atoms with Gasteiger partial charge in [-0.1, -0.05) is 31.9 Å². The molecule has 1 rings (SSSR count). The van der Waals surface area contributed by atoms with Crippen LogP contribution in [0.5, 0.6) is 0 Å². The lowest BCUT2D eigenvalue weighted by molar-refractivity contribution is -0.116. The number of hydrogen-bond acceptors (Lipinski definition) is 1. The summed E-state index contributed by atoms with van der Waals surface area (Å²) in [6, 6.07) is 0. The Labute approximate surface area is 64.4 Å². The fourth-order valence-electron chi connectivity index (χ4n) is 0.601. The second kappa shape index (κ2) is 2.31. The van der Waals surface area contributed by atoms with Gasteiger partial charge in [0.15, 0.2) is 0 Å². The molecule has 1 aliphatic carbocycles. The lowest BCUT2D eigenvalue weighted by atomic mass is 10.3. The molecule has 0 radical (unpaired) electrons. The highest BCUT2D eigenvalue weighted by molar-refractivity contribution is 9.14. The molecular formula is C5H4Br2O. The van der Waals surface area contributed by atoms with Crippen LogP contribution in [0.2, 0.25) is 0 Å². The molecule has 0 unspecified atom stereocenters. The molecule has 44 valence electrons. The smallest absolute Gasteiger partial charge is 0.142 e. The second-order valence-corrected chi connectivity index (χ2v) is 3.62. The first kappa shape index (κ1) is 6.49. The molecule has 1 nitrogen and oxygen atoms in total. The van der Waals surface area contributed by atoms with E-state index >= 15 is 0 Å². The Balaban J connectivity index is 2.73. The summed E-state index contributed by atoms with van der Waals surface area (Å²) in [7, 11) is 0. The Morgan fingerprint density at radius 2 is 1.50 bits per heavy atom. The van der Waals surface area contributed by atoms with E-state index < -0.39 is 0 Å². The molecule has 0 aromatic rings. The van der Waals surface area contributed by atoms with Crippen LogP contribution in [0.1, 0.15) is 12.8 Å². The van der Waals surface area contributed by atoms with Gasteiger partial charge in [-0.3, -0.25) is 4.79 Å². The maximum Gasteiger partial charge on any atom is 0.142 e. The molecule has 0 fully saturated rings. The van der Waals surface area contributed by atoms with Gasteiger partial charge in [0.25, 0.3) is 0 Å². The van der Waals surface area contributed by atoms with E-state index in [0.29, 0.717) is 12.8 Å². The predicted octanol–water partition coefficient (Wildman–Crippen LogP) is 2.35. The van der Waals surface area contributed by atoms with Crippen molar-refractivity contribution < 1.29 is 4.79 Å². The minimum absolute atomic E-state index is 0.281. The minimum Gasteiger partial charge on any atom is -0.299 e. The van der Waals surface area contributed by atoms with Crippen LogP contribution < -0.4 is 0 Å². The largest absolute Gasteiger partial charge is 0.299 e. The Morgan fingerprint density at radius 1 is 1.12 bits per heavy atom. The van der Waals surface area contributed by atoms with Crippen molar-refractivity contribution in [3.8, 4) is 0 Å². The van der Waals surface area contributed by atoms with E-state index in [1.54, 1.807) is 0 Å². The first-order chi connectivity index (χ1) is 3.70. The molecule has 8 heavy (non-hydrogen) atoms. The third kappa shape index (κ3) is 1.20. The van der Waals surface area contributed by atoms with E-state index in [0.717, 1.165) is 8.96 Å². The monoisotopic (exact) mass is 238 g/mol. The van der Waals surface area contributed by atoms with Crippen molar-refractivity contribution in [1.29, 1.82) is 0 Å². The second-order valence-electron chi connectivity index (χ2n) is 1.70. The van der Waals surface area contributed by atoms with Gasteiger partial charge in [0.05, 0.1) is 0 Å². The van der Waals surface area contributed by atoms with E-state index in [1.165, 1.54) is 0 Å². The predicted molar refractivity (Wildman–Crippen MR) is 39.1 cm³/mol. The lowest BCUT2D eigenvalue weighted by Gasteiger charge is -1.81. The molecule has 0 spiro atoms. The minimum atomic E-state index is 0.281. The lowest BCUT2D eigenvalue weighted by Crippen LogP contribution is -1.85. The number of ketones is 1. The van der Waals surface area contributed by atoms with Crippen LogP contribution in [-0.2, 0) is 4.79 Å². The van der Waals surface area contributed by atoms with E-state index in [2.05, 4.69) is 31.9 Å². The van der Waals surface area contributed by atoms with Crippen molar-refractivity contribution in [2.24, 2.45) is 0 Å². The van der Waals surface area contributed by atoms with Gasteiger partial charge in [0.2, 0.25) is 0 Å². The fourth-order valence-corrected chi connectivity index (χ4v) is 1.51. The van der Waals surface area contributed by atoms with Crippen LogP contribution in [0, 0.1) is 0 Å². The Hall–Kier alpha value is 0.370. The first-order valence-electron chi connectivity index (χ1n) is 2.25. The zero-order chi connectivity index (χ0) is 6.15. The molecule has 3 heteroatoms. The van der Waals surface area contributed by atoms with Crippen molar-refractivity contribution >= 4 is 37.6 Å². The quantitative estimate of drug-likeness (QED) is 0.635. The maximum atomic E-state index is 10.6. The number of halogens is 2. The van der Waals surface area contributed by atoms with E-state index in [1.807, 2.05) is 0 Å². The number of Topliss-reactive ketones (excluding diaryl/α,β-unsaturated/α-hetero) is 1. The molecule has 0 heterocycles. The molecule has 0 aromatic heterocycles. The summed E-state index contributed by atoms with van der Waals surface area (Å²) in [6.07, 6.45) is 1.14. The first-order valence-corrected chi connectivity index (χ1v) is 3.83. The standard InChI is InChI=1S/C5H4Br2O/c6-4-1-3(8)2-5(4)7/h1-2H2. The van der Waals surface area contributed by atoms with E-state index in [9.17, 15) is 4.79 Å². The van der Waals surface area contributed by atoms with Gasteiger partial charge < -0.3 is 0 Å². The molecular weight excluding hydrogens is 236 g/mol. The van der Waals surface area contributed by atoms with Crippen molar-refractivity contribution in [2.75, 3.05) is 0 Å². The Bertz CT molecular complexity index is 144. The summed E-state index contributed by atoms with van der Waals surface area (Å²) in [5, 5.41) is 0. The number of allylic oxidation sites excluding steroid dienone is 2. The van der Waals surface area contributed by atoms with Gasteiger partial charge in [-0.15, -0.1) is 0 Å². The van der Waals surface area contributed by atoms with Gasteiger partial charge in [-0.05, 0) is 0 Å². The van der Waals surface area contributed by atoms with Crippen molar-refractivity contribution in [1.82, 2.24) is 0 Å². The highest BCUT2D eigenvalue weighted by atomic mass is 79.9. The highest BCUT2D eigenvalue weighted by Crippen LogP contribution is 2.31. The van der Waals surface area contributed by atoms with Crippen LogP contribution >= 0.6 is 31.9 Å². The molecule has 1 aliphatic rings. The van der Waals surface area contributed by atoms with Crippen LogP contribution in [0.15, 0.2) is 8.96 Å². The summed E-state index contributed by atoms with van der Waals surface area (Å²) in [4.78, 5) is 10.6. The van der Waals surface area contributed by atoms with Crippen molar-refractivity contribution in [3.05, 3.63) is 8.96 Å². The topological polar surface area (TPSA) is 17.1 Å². The van der Waals surface area contributed by atoms with Gasteiger partial charge in [0, 0.05) is 21.8 Å². The molecule has 0 saturated heterocycles. The summed E-state index contributed by atoms with van der Waals surface area (Å²) < 4.78 is 2.00. The SMILES string of the molecule is O=C1CC(Br)=C(Br)C1. The van der Waals surface area contributed by atoms with E-state index in [-0.39, 0.29) is 5.78 Å². The van der Waals surface area contributed by atoms with Gasteiger partial charge >= 0.3 is 0 Å². The Kier molecular flexibility index (Phi) is 1.88. The molecule has 0 bridgehead atoms. The number of carbonyl (C=O) groups is 1. The fraction of sp³-hybridized carbons (Fsp3) is 0.400. The number of hydrogen-bond donors (Lipinski definition) is 0. The maximum absolute atomic E-state index is 10.6. The molecule has 0 N–H and O–H groups in total. The highest BCUT2D eigenvalue weighted by Gasteiger charge is 2.16.